The lowest BCUT2D eigenvalue weighted by Gasteiger charge is -2.19. The van der Waals surface area contributed by atoms with E-state index in [2.05, 4.69) is 45.7 Å². The molecule has 27 heavy (non-hydrogen) atoms. The fourth-order valence-corrected chi connectivity index (χ4v) is 3.70. The Hall–Kier alpha value is -1.29. The van der Waals surface area contributed by atoms with Gasteiger partial charge in [0.25, 0.3) is 0 Å². The molecule has 0 amide bonds. The first-order chi connectivity index (χ1) is 12.2. The maximum absolute atomic E-state index is 12.1. The third-order valence-electron chi connectivity index (χ3n) is 4.52. The molecule has 2 aromatic rings. The van der Waals surface area contributed by atoms with Gasteiger partial charge in [0.2, 0.25) is 0 Å². The van der Waals surface area contributed by atoms with Crippen LogP contribution in [0.15, 0.2) is 29.4 Å². The minimum atomic E-state index is -3.14. The Balaban J connectivity index is 0.00000364. The molecular formula is C19H31IN4O2S. The topological polar surface area (TPSA) is 86.3 Å². The van der Waals surface area contributed by atoms with Crippen LogP contribution in [0.1, 0.15) is 31.9 Å². The Morgan fingerprint density at radius 3 is 2.48 bits per heavy atom. The molecule has 6 nitrogen and oxygen atoms in total. The number of halogens is 1. The van der Waals surface area contributed by atoms with E-state index in [1.165, 1.54) is 22.0 Å². The van der Waals surface area contributed by atoms with Crippen LogP contribution in [0.5, 0.6) is 0 Å². The summed E-state index contributed by atoms with van der Waals surface area (Å²) in [5, 5.41) is 7.56. The van der Waals surface area contributed by atoms with Crippen LogP contribution in [-0.4, -0.2) is 50.0 Å². The number of H-pyrrole nitrogens is 1. The summed E-state index contributed by atoms with van der Waals surface area (Å²) in [6.45, 7) is 8.31. The Kier molecular flexibility index (Phi) is 8.59. The van der Waals surface area contributed by atoms with Gasteiger partial charge in [-0.3, -0.25) is 4.99 Å². The maximum Gasteiger partial charge on any atom is 0.191 e. The summed E-state index contributed by atoms with van der Waals surface area (Å²) in [5.41, 5.74) is 3.67. The molecule has 3 N–H and O–H groups in total. The number of hydrogen-bond acceptors (Lipinski definition) is 3. The molecule has 1 heterocycles. The van der Waals surface area contributed by atoms with E-state index in [1.54, 1.807) is 27.8 Å². The molecule has 1 aromatic carbocycles. The van der Waals surface area contributed by atoms with Gasteiger partial charge in [0, 0.05) is 37.2 Å². The van der Waals surface area contributed by atoms with E-state index in [4.69, 9.17) is 0 Å². The van der Waals surface area contributed by atoms with Crippen LogP contribution in [0.2, 0.25) is 0 Å². The average Bonchev–Trinajstić information content (AvgIpc) is 2.97. The Morgan fingerprint density at radius 2 is 1.85 bits per heavy atom. The largest absolute Gasteiger partial charge is 0.361 e. The van der Waals surface area contributed by atoms with Gasteiger partial charge in [-0.2, -0.15) is 0 Å². The van der Waals surface area contributed by atoms with Crippen LogP contribution in [0.3, 0.4) is 0 Å². The molecule has 0 unspecified atom stereocenters. The number of aryl methyl sites for hydroxylation is 1. The normalized spacial score (nSPS) is 12.7. The van der Waals surface area contributed by atoms with Gasteiger partial charge in [-0.05, 0) is 45.2 Å². The molecule has 152 valence electrons. The number of rotatable bonds is 6. The number of para-hydroxylation sites is 1. The predicted octanol–water partition coefficient (Wildman–Crippen LogP) is 3.02. The summed E-state index contributed by atoms with van der Waals surface area (Å²) in [4.78, 5) is 7.49. The zero-order valence-electron chi connectivity index (χ0n) is 16.7. The molecule has 0 atom stereocenters. The Morgan fingerprint density at radius 1 is 1.19 bits per heavy atom. The van der Waals surface area contributed by atoms with Crippen LogP contribution in [0.25, 0.3) is 10.9 Å². The molecule has 0 saturated heterocycles. The number of nitrogens with zero attached hydrogens (tertiary/aromatic N) is 1. The third-order valence-corrected chi connectivity index (χ3v) is 7.12. The van der Waals surface area contributed by atoms with Crippen LogP contribution in [-0.2, 0) is 16.3 Å². The van der Waals surface area contributed by atoms with Crippen molar-refractivity contribution in [3.05, 3.63) is 35.5 Å². The van der Waals surface area contributed by atoms with Gasteiger partial charge in [0.15, 0.2) is 15.8 Å². The number of guanidine groups is 1. The molecular weight excluding hydrogens is 475 g/mol. The maximum atomic E-state index is 12.1. The van der Waals surface area contributed by atoms with Crippen molar-refractivity contribution >= 4 is 50.7 Å². The molecule has 0 saturated carbocycles. The van der Waals surface area contributed by atoms with Crippen molar-refractivity contribution in [2.45, 2.75) is 38.9 Å². The zero-order chi connectivity index (χ0) is 19.4. The van der Waals surface area contributed by atoms with Crippen molar-refractivity contribution in [1.29, 1.82) is 0 Å². The molecule has 0 fully saturated rings. The first kappa shape index (κ1) is 23.7. The number of aromatic nitrogens is 1. The second-order valence-corrected chi connectivity index (χ2v) is 10.3. The SMILES string of the molecule is CN=C(NCCc1c[nH]c2c(C)cccc12)NCCS(=O)(=O)C(C)(C)C.I. The number of aromatic amines is 1. The van der Waals surface area contributed by atoms with E-state index in [1.807, 2.05) is 6.20 Å². The molecule has 0 radical (unpaired) electrons. The van der Waals surface area contributed by atoms with Crippen LogP contribution in [0.4, 0.5) is 0 Å². The summed E-state index contributed by atoms with van der Waals surface area (Å²) < 4.78 is 23.5. The monoisotopic (exact) mass is 506 g/mol. The number of hydrogen-bond donors (Lipinski definition) is 3. The van der Waals surface area contributed by atoms with Crippen molar-refractivity contribution in [3.63, 3.8) is 0 Å². The number of nitrogens with one attached hydrogen (secondary N) is 3. The fourth-order valence-electron chi connectivity index (χ4n) is 2.72. The van der Waals surface area contributed by atoms with E-state index < -0.39 is 14.6 Å². The quantitative estimate of drug-likeness (QED) is 0.320. The van der Waals surface area contributed by atoms with Crippen molar-refractivity contribution in [2.24, 2.45) is 4.99 Å². The Labute approximate surface area is 179 Å². The van der Waals surface area contributed by atoms with Gasteiger partial charge in [-0.15, -0.1) is 24.0 Å². The van der Waals surface area contributed by atoms with Gasteiger partial charge in [-0.1, -0.05) is 18.2 Å². The number of sulfone groups is 1. The van der Waals surface area contributed by atoms with Crippen LogP contribution < -0.4 is 10.6 Å². The molecule has 0 aliphatic heterocycles. The van der Waals surface area contributed by atoms with E-state index in [0.717, 1.165) is 6.42 Å². The summed E-state index contributed by atoms with van der Waals surface area (Å²) in [5.74, 6) is 0.698. The molecule has 1 aromatic heterocycles. The number of aliphatic imine (C=N–C) groups is 1. The van der Waals surface area contributed by atoms with Crippen molar-refractivity contribution in [1.82, 2.24) is 15.6 Å². The van der Waals surface area contributed by atoms with Gasteiger partial charge < -0.3 is 15.6 Å². The highest BCUT2D eigenvalue weighted by atomic mass is 127. The highest BCUT2D eigenvalue weighted by Crippen LogP contribution is 2.21. The second-order valence-electron chi connectivity index (χ2n) is 7.42. The fraction of sp³-hybridized carbons (Fsp3) is 0.526. The lowest BCUT2D eigenvalue weighted by molar-refractivity contribution is 0.559. The summed E-state index contributed by atoms with van der Waals surface area (Å²) in [6, 6.07) is 6.29. The van der Waals surface area contributed by atoms with Crippen LogP contribution >= 0.6 is 24.0 Å². The van der Waals surface area contributed by atoms with Gasteiger partial charge in [-0.25, -0.2) is 8.42 Å². The molecule has 2 rings (SSSR count). The minimum Gasteiger partial charge on any atom is -0.361 e. The highest BCUT2D eigenvalue weighted by molar-refractivity contribution is 14.0. The second kappa shape index (κ2) is 9.77. The summed E-state index contributed by atoms with van der Waals surface area (Å²) >= 11 is 0. The summed E-state index contributed by atoms with van der Waals surface area (Å²) in [6.07, 6.45) is 2.90. The average molecular weight is 506 g/mol. The lowest BCUT2D eigenvalue weighted by atomic mass is 10.1. The smallest absolute Gasteiger partial charge is 0.191 e. The number of fused-ring (bicyclic) bond motifs is 1. The lowest BCUT2D eigenvalue weighted by Crippen LogP contribution is -2.42. The highest BCUT2D eigenvalue weighted by Gasteiger charge is 2.28. The predicted molar refractivity (Wildman–Crippen MR) is 125 cm³/mol. The van der Waals surface area contributed by atoms with Gasteiger partial charge in [0.1, 0.15) is 0 Å². The van der Waals surface area contributed by atoms with Gasteiger partial charge in [0.05, 0.1) is 10.5 Å². The van der Waals surface area contributed by atoms with Crippen molar-refractivity contribution in [3.8, 4) is 0 Å². The van der Waals surface area contributed by atoms with E-state index in [0.29, 0.717) is 19.0 Å². The molecule has 8 heteroatoms. The van der Waals surface area contributed by atoms with Crippen molar-refractivity contribution in [2.75, 3.05) is 25.9 Å². The molecule has 0 spiro atoms. The first-order valence-corrected chi connectivity index (χ1v) is 10.5. The minimum absolute atomic E-state index is 0. The number of benzene rings is 1. The zero-order valence-corrected chi connectivity index (χ0v) is 19.9. The first-order valence-electron chi connectivity index (χ1n) is 8.88. The standard InChI is InChI=1S/C19H30N4O2S.HI/c1-14-7-6-8-16-15(13-23-17(14)16)9-10-21-18(20-5)22-11-12-26(24,25)19(2,3)4;/h6-8,13,23H,9-12H2,1-5H3,(H2,20,21,22);1H. The molecule has 0 aliphatic carbocycles. The summed E-state index contributed by atoms with van der Waals surface area (Å²) in [7, 11) is -1.45. The van der Waals surface area contributed by atoms with Gasteiger partial charge >= 0.3 is 0 Å². The Bertz CT molecular complexity index is 883. The molecule has 0 aliphatic rings. The molecule has 0 bridgehead atoms. The van der Waals surface area contributed by atoms with E-state index in [9.17, 15) is 8.42 Å². The van der Waals surface area contributed by atoms with E-state index >= 15 is 0 Å². The van der Waals surface area contributed by atoms with Crippen LogP contribution in [0, 0.1) is 6.92 Å². The third kappa shape index (κ3) is 6.10. The van der Waals surface area contributed by atoms with E-state index in [-0.39, 0.29) is 29.7 Å². The van der Waals surface area contributed by atoms with Crippen molar-refractivity contribution < 1.29 is 8.42 Å².